The minimum atomic E-state index is -0.298. The largest absolute Gasteiger partial charge is 0.415 e. The standard InChI is InChI=1S/C25H28N4O2/c1-19-11-12-26-22(17-19)7-4-21-5-8-23(9-6-21)31-25(30)29-15-13-28(14-16-29)24-10-3-20(2)18-27-24/h3,5-6,8-12,17-18H,4,7,13-16H2,1-2H3. The van der Waals surface area contributed by atoms with Crippen LogP contribution in [-0.2, 0) is 12.8 Å². The maximum absolute atomic E-state index is 12.5. The highest BCUT2D eigenvalue weighted by molar-refractivity contribution is 5.71. The van der Waals surface area contributed by atoms with Crippen molar-refractivity contribution in [2.45, 2.75) is 26.7 Å². The predicted molar refractivity (Wildman–Crippen MR) is 122 cm³/mol. The van der Waals surface area contributed by atoms with Gasteiger partial charge in [-0.2, -0.15) is 0 Å². The summed E-state index contributed by atoms with van der Waals surface area (Å²) in [7, 11) is 0. The monoisotopic (exact) mass is 416 g/mol. The molecule has 0 saturated carbocycles. The zero-order valence-electron chi connectivity index (χ0n) is 18.1. The summed E-state index contributed by atoms with van der Waals surface area (Å²) in [6.45, 7) is 6.84. The van der Waals surface area contributed by atoms with E-state index in [1.54, 1.807) is 4.90 Å². The van der Waals surface area contributed by atoms with E-state index >= 15 is 0 Å². The zero-order chi connectivity index (χ0) is 21.6. The molecule has 2 aromatic heterocycles. The van der Waals surface area contributed by atoms with Gasteiger partial charge in [0.25, 0.3) is 0 Å². The molecular formula is C25H28N4O2. The lowest BCUT2D eigenvalue weighted by Gasteiger charge is -2.34. The molecule has 1 fully saturated rings. The van der Waals surface area contributed by atoms with E-state index in [-0.39, 0.29) is 6.09 Å². The molecule has 0 radical (unpaired) electrons. The Bertz CT molecular complexity index is 1010. The molecule has 0 aliphatic carbocycles. The number of benzene rings is 1. The molecule has 0 atom stereocenters. The predicted octanol–water partition coefficient (Wildman–Crippen LogP) is 4.20. The molecular weight excluding hydrogens is 388 g/mol. The van der Waals surface area contributed by atoms with Crippen molar-refractivity contribution in [3.63, 3.8) is 0 Å². The SMILES string of the molecule is Cc1ccc(N2CCN(C(=O)Oc3ccc(CCc4cc(C)ccn4)cc3)CC2)nc1. The third-order valence-corrected chi connectivity index (χ3v) is 5.53. The van der Waals surface area contributed by atoms with Crippen LogP contribution >= 0.6 is 0 Å². The lowest BCUT2D eigenvalue weighted by molar-refractivity contribution is 0.149. The zero-order valence-corrected chi connectivity index (χ0v) is 18.1. The third kappa shape index (κ3) is 5.60. The molecule has 1 aliphatic heterocycles. The fourth-order valence-corrected chi connectivity index (χ4v) is 3.66. The van der Waals surface area contributed by atoms with E-state index in [9.17, 15) is 4.79 Å². The first-order valence-electron chi connectivity index (χ1n) is 10.7. The molecule has 31 heavy (non-hydrogen) atoms. The van der Waals surface area contributed by atoms with Crippen molar-refractivity contribution in [3.8, 4) is 5.75 Å². The highest BCUT2D eigenvalue weighted by atomic mass is 16.6. The molecule has 0 spiro atoms. The number of hydrogen-bond donors (Lipinski definition) is 0. The number of carbonyl (C=O) groups excluding carboxylic acids is 1. The van der Waals surface area contributed by atoms with Crippen molar-refractivity contribution in [2.24, 2.45) is 0 Å². The summed E-state index contributed by atoms with van der Waals surface area (Å²) < 4.78 is 5.58. The molecule has 1 saturated heterocycles. The number of aromatic nitrogens is 2. The average Bonchev–Trinajstić information content (AvgIpc) is 2.79. The topological polar surface area (TPSA) is 58.6 Å². The van der Waals surface area contributed by atoms with Crippen LogP contribution in [0.4, 0.5) is 10.6 Å². The van der Waals surface area contributed by atoms with Crippen LogP contribution in [0.1, 0.15) is 22.4 Å². The summed E-state index contributed by atoms with van der Waals surface area (Å²) in [4.78, 5) is 25.4. The summed E-state index contributed by atoms with van der Waals surface area (Å²) in [6, 6.07) is 16.0. The molecule has 0 bridgehead atoms. The third-order valence-electron chi connectivity index (χ3n) is 5.53. The minimum absolute atomic E-state index is 0.298. The molecule has 4 rings (SSSR count). The number of ether oxygens (including phenoxy) is 1. The molecule has 1 amide bonds. The summed E-state index contributed by atoms with van der Waals surface area (Å²) in [5.41, 5.74) is 4.66. The second-order valence-electron chi connectivity index (χ2n) is 8.00. The Hall–Kier alpha value is -3.41. The van der Waals surface area contributed by atoms with Crippen LogP contribution in [0, 0.1) is 13.8 Å². The highest BCUT2D eigenvalue weighted by Crippen LogP contribution is 2.17. The summed E-state index contributed by atoms with van der Waals surface area (Å²) >= 11 is 0. The highest BCUT2D eigenvalue weighted by Gasteiger charge is 2.23. The number of carbonyl (C=O) groups is 1. The molecule has 160 valence electrons. The van der Waals surface area contributed by atoms with E-state index < -0.39 is 0 Å². The van der Waals surface area contributed by atoms with E-state index in [1.807, 2.05) is 55.7 Å². The van der Waals surface area contributed by atoms with Crippen LogP contribution < -0.4 is 9.64 Å². The summed E-state index contributed by atoms with van der Waals surface area (Å²) in [6.07, 6.45) is 5.22. The first-order valence-corrected chi connectivity index (χ1v) is 10.7. The van der Waals surface area contributed by atoms with Crippen molar-refractivity contribution in [3.05, 3.63) is 83.3 Å². The van der Waals surface area contributed by atoms with Gasteiger partial charge in [0.15, 0.2) is 0 Å². The lowest BCUT2D eigenvalue weighted by atomic mass is 10.1. The fraction of sp³-hybridized carbons (Fsp3) is 0.320. The van der Waals surface area contributed by atoms with Crippen LogP contribution in [0.25, 0.3) is 0 Å². The first-order chi connectivity index (χ1) is 15.1. The van der Waals surface area contributed by atoms with Gasteiger partial charge in [-0.15, -0.1) is 0 Å². The van der Waals surface area contributed by atoms with Gasteiger partial charge in [-0.1, -0.05) is 18.2 Å². The Morgan fingerprint density at radius 2 is 1.68 bits per heavy atom. The Balaban J connectivity index is 1.25. The van der Waals surface area contributed by atoms with E-state index in [1.165, 1.54) is 11.1 Å². The first kappa shape index (κ1) is 20.8. The molecule has 3 heterocycles. The minimum Gasteiger partial charge on any atom is -0.410 e. The van der Waals surface area contributed by atoms with Gasteiger partial charge < -0.3 is 14.5 Å². The Kier molecular flexibility index (Phi) is 6.46. The van der Waals surface area contributed by atoms with Gasteiger partial charge in [0.05, 0.1) is 0 Å². The van der Waals surface area contributed by atoms with Gasteiger partial charge in [0.1, 0.15) is 11.6 Å². The number of nitrogens with zero attached hydrogens (tertiary/aromatic N) is 4. The van der Waals surface area contributed by atoms with E-state index in [0.29, 0.717) is 18.8 Å². The van der Waals surface area contributed by atoms with Crippen LogP contribution in [0.15, 0.2) is 60.9 Å². The second kappa shape index (κ2) is 9.60. The van der Waals surface area contributed by atoms with Crippen molar-refractivity contribution in [1.82, 2.24) is 14.9 Å². The van der Waals surface area contributed by atoms with Crippen LogP contribution in [-0.4, -0.2) is 47.1 Å². The summed E-state index contributed by atoms with van der Waals surface area (Å²) in [5.74, 6) is 1.53. The normalized spacial score (nSPS) is 13.9. The van der Waals surface area contributed by atoms with Gasteiger partial charge in [0.2, 0.25) is 0 Å². The Labute approximate surface area is 183 Å². The maximum atomic E-state index is 12.5. The van der Waals surface area contributed by atoms with E-state index in [4.69, 9.17) is 4.74 Å². The number of anilines is 1. The molecule has 0 unspecified atom stereocenters. The number of piperazine rings is 1. The van der Waals surface area contributed by atoms with Gasteiger partial charge in [-0.05, 0) is 73.7 Å². The molecule has 1 aliphatic rings. The lowest BCUT2D eigenvalue weighted by Crippen LogP contribution is -2.49. The molecule has 3 aromatic rings. The smallest absolute Gasteiger partial charge is 0.410 e. The molecule has 1 aromatic carbocycles. The molecule has 0 N–H and O–H groups in total. The molecule has 6 heteroatoms. The number of pyridine rings is 2. The Morgan fingerprint density at radius 3 is 2.35 bits per heavy atom. The quantitative estimate of drug-likeness (QED) is 0.624. The number of amides is 1. The van der Waals surface area contributed by atoms with E-state index in [0.717, 1.165) is 43.0 Å². The summed E-state index contributed by atoms with van der Waals surface area (Å²) in [5, 5.41) is 0. The number of rotatable bonds is 5. The fourth-order valence-electron chi connectivity index (χ4n) is 3.66. The maximum Gasteiger partial charge on any atom is 0.415 e. The number of hydrogen-bond acceptors (Lipinski definition) is 5. The van der Waals surface area contributed by atoms with Crippen LogP contribution in [0.2, 0.25) is 0 Å². The van der Waals surface area contributed by atoms with Crippen molar-refractivity contribution >= 4 is 11.9 Å². The molecule has 6 nitrogen and oxygen atoms in total. The van der Waals surface area contributed by atoms with Gasteiger partial charge in [-0.25, -0.2) is 9.78 Å². The van der Waals surface area contributed by atoms with Crippen molar-refractivity contribution < 1.29 is 9.53 Å². The van der Waals surface area contributed by atoms with Crippen LogP contribution in [0.5, 0.6) is 5.75 Å². The second-order valence-corrected chi connectivity index (χ2v) is 8.00. The Morgan fingerprint density at radius 1 is 0.903 bits per heavy atom. The number of aryl methyl sites for hydroxylation is 4. The average molecular weight is 417 g/mol. The van der Waals surface area contributed by atoms with E-state index in [2.05, 4.69) is 33.9 Å². The van der Waals surface area contributed by atoms with Gasteiger partial charge >= 0.3 is 6.09 Å². The van der Waals surface area contributed by atoms with Crippen LogP contribution in [0.3, 0.4) is 0 Å². The van der Waals surface area contributed by atoms with Gasteiger partial charge in [-0.3, -0.25) is 4.98 Å². The van der Waals surface area contributed by atoms with Gasteiger partial charge in [0, 0.05) is 44.3 Å². The van der Waals surface area contributed by atoms with Crippen molar-refractivity contribution in [2.75, 3.05) is 31.1 Å². The van der Waals surface area contributed by atoms with Crippen molar-refractivity contribution in [1.29, 1.82) is 0 Å².